The van der Waals surface area contributed by atoms with E-state index < -0.39 is 6.04 Å². The molecule has 1 unspecified atom stereocenters. The van der Waals surface area contributed by atoms with E-state index in [2.05, 4.69) is 11.5 Å². The summed E-state index contributed by atoms with van der Waals surface area (Å²) in [5.74, 6) is 0.624. The third-order valence-electron chi connectivity index (χ3n) is 7.12. The maximum Gasteiger partial charge on any atom is 0.290 e. The van der Waals surface area contributed by atoms with Crippen LogP contribution in [0.25, 0.3) is 11.0 Å². The molecule has 2 aliphatic heterocycles. The molecule has 0 aliphatic carbocycles. The monoisotopic (exact) mass is 488 g/mol. The molecule has 1 aromatic heterocycles. The first-order valence-electron chi connectivity index (χ1n) is 12.5. The zero-order chi connectivity index (χ0) is 25.2. The third-order valence-corrected chi connectivity index (χ3v) is 7.12. The van der Waals surface area contributed by atoms with Gasteiger partial charge in [-0.05, 0) is 61.2 Å². The Hall–Kier alpha value is -3.42. The van der Waals surface area contributed by atoms with E-state index in [0.29, 0.717) is 35.4 Å². The molecule has 7 nitrogen and oxygen atoms in total. The first-order chi connectivity index (χ1) is 17.5. The summed E-state index contributed by atoms with van der Waals surface area (Å²) >= 11 is 0. The van der Waals surface area contributed by atoms with E-state index >= 15 is 0 Å². The van der Waals surface area contributed by atoms with Crippen LogP contribution >= 0.6 is 0 Å². The standard InChI is InChI=1S/C29H32N2O5/c1-4-14-35-22-8-6-21(7-9-22)26-25-27(32)23-17-19(2)20(3)18-24(23)36-28(25)29(33)31(26)11-5-10-30-12-15-34-16-13-30/h4,6-9,17-18,26H,1,5,10-16H2,2-3H3. The van der Waals surface area contributed by atoms with E-state index in [1.165, 1.54) is 0 Å². The molecular formula is C29H32N2O5. The fourth-order valence-corrected chi connectivity index (χ4v) is 5.04. The van der Waals surface area contributed by atoms with Gasteiger partial charge in [0.05, 0.1) is 30.2 Å². The van der Waals surface area contributed by atoms with Crippen LogP contribution in [0.2, 0.25) is 0 Å². The lowest BCUT2D eigenvalue weighted by atomic mass is 9.97. The average molecular weight is 489 g/mol. The minimum Gasteiger partial charge on any atom is -0.490 e. The number of carbonyl (C=O) groups is 1. The highest BCUT2D eigenvalue weighted by Gasteiger charge is 2.42. The van der Waals surface area contributed by atoms with Crippen LogP contribution in [0.4, 0.5) is 0 Å². The molecule has 3 aromatic rings. The Kier molecular flexibility index (Phi) is 6.94. The van der Waals surface area contributed by atoms with Gasteiger partial charge in [0.25, 0.3) is 5.91 Å². The second kappa shape index (κ2) is 10.3. The number of aryl methyl sites for hydroxylation is 2. The number of hydrogen-bond acceptors (Lipinski definition) is 6. The number of amides is 1. The molecule has 3 heterocycles. The molecule has 0 N–H and O–H groups in total. The van der Waals surface area contributed by atoms with Crippen molar-refractivity contribution in [2.45, 2.75) is 26.3 Å². The number of hydrogen-bond donors (Lipinski definition) is 0. The van der Waals surface area contributed by atoms with Crippen molar-refractivity contribution in [3.63, 3.8) is 0 Å². The highest BCUT2D eigenvalue weighted by molar-refractivity contribution is 5.99. The lowest BCUT2D eigenvalue weighted by Gasteiger charge is -2.29. The van der Waals surface area contributed by atoms with Crippen LogP contribution in [0.3, 0.4) is 0 Å². The van der Waals surface area contributed by atoms with Crippen molar-refractivity contribution in [1.82, 2.24) is 9.80 Å². The third kappa shape index (κ3) is 4.56. The van der Waals surface area contributed by atoms with Crippen molar-refractivity contribution < 1.29 is 18.7 Å². The minimum absolute atomic E-state index is 0.143. The van der Waals surface area contributed by atoms with E-state index in [1.54, 1.807) is 11.0 Å². The van der Waals surface area contributed by atoms with E-state index in [4.69, 9.17) is 13.9 Å². The summed E-state index contributed by atoms with van der Waals surface area (Å²) in [6, 6.07) is 10.8. The van der Waals surface area contributed by atoms with Gasteiger partial charge in [0, 0.05) is 26.2 Å². The van der Waals surface area contributed by atoms with Gasteiger partial charge in [-0.3, -0.25) is 14.5 Å². The Morgan fingerprint density at radius 2 is 1.78 bits per heavy atom. The zero-order valence-electron chi connectivity index (χ0n) is 20.9. The summed E-state index contributed by atoms with van der Waals surface area (Å²) in [5, 5.41) is 0.510. The molecule has 0 saturated carbocycles. The molecule has 188 valence electrons. The molecule has 0 radical (unpaired) electrons. The van der Waals surface area contributed by atoms with Gasteiger partial charge in [-0.2, -0.15) is 0 Å². The fraction of sp³-hybridized carbons (Fsp3) is 0.379. The Balaban J connectivity index is 1.52. The summed E-state index contributed by atoms with van der Waals surface area (Å²) in [6.07, 6.45) is 2.48. The topological polar surface area (TPSA) is 72.2 Å². The average Bonchev–Trinajstić information content (AvgIpc) is 3.17. The van der Waals surface area contributed by atoms with Crippen molar-refractivity contribution in [3.05, 3.63) is 87.3 Å². The normalized spacial score (nSPS) is 18.0. The number of morpholine rings is 1. The molecule has 7 heteroatoms. The van der Waals surface area contributed by atoms with Crippen LogP contribution in [0.1, 0.15) is 45.3 Å². The number of nitrogens with zero attached hydrogens (tertiary/aromatic N) is 2. The largest absolute Gasteiger partial charge is 0.490 e. The molecule has 1 saturated heterocycles. The van der Waals surface area contributed by atoms with Crippen LogP contribution in [0, 0.1) is 13.8 Å². The number of ether oxygens (including phenoxy) is 2. The minimum atomic E-state index is -0.507. The maximum atomic E-state index is 13.8. The fourth-order valence-electron chi connectivity index (χ4n) is 5.04. The number of carbonyl (C=O) groups excluding carboxylic acids is 1. The predicted octanol–water partition coefficient (Wildman–Crippen LogP) is 4.24. The van der Waals surface area contributed by atoms with Crippen molar-refractivity contribution >= 4 is 16.9 Å². The van der Waals surface area contributed by atoms with Crippen molar-refractivity contribution in [2.24, 2.45) is 0 Å². The molecule has 36 heavy (non-hydrogen) atoms. The molecule has 1 atom stereocenters. The molecule has 5 rings (SSSR count). The molecule has 0 spiro atoms. The summed E-state index contributed by atoms with van der Waals surface area (Å²) in [5.41, 5.74) is 3.62. The van der Waals surface area contributed by atoms with E-state index in [1.807, 2.05) is 50.2 Å². The Morgan fingerprint density at radius 1 is 1.06 bits per heavy atom. The van der Waals surface area contributed by atoms with Crippen molar-refractivity contribution in [3.8, 4) is 5.75 Å². The molecule has 1 amide bonds. The highest BCUT2D eigenvalue weighted by atomic mass is 16.5. The first-order valence-corrected chi connectivity index (χ1v) is 12.5. The van der Waals surface area contributed by atoms with Crippen LogP contribution in [0.5, 0.6) is 5.75 Å². The molecule has 0 bridgehead atoms. The summed E-state index contributed by atoms with van der Waals surface area (Å²) in [4.78, 5) is 31.6. The summed E-state index contributed by atoms with van der Waals surface area (Å²) in [6.45, 7) is 12.7. The van der Waals surface area contributed by atoms with Gasteiger partial charge in [0.1, 0.15) is 17.9 Å². The van der Waals surface area contributed by atoms with Crippen molar-refractivity contribution in [2.75, 3.05) is 46.0 Å². The smallest absolute Gasteiger partial charge is 0.290 e. The quantitative estimate of drug-likeness (QED) is 0.442. The molecular weight excluding hydrogens is 456 g/mol. The van der Waals surface area contributed by atoms with Gasteiger partial charge in [0.2, 0.25) is 5.76 Å². The summed E-state index contributed by atoms with van der Waals surface area (Å²) in [7, 11) is 0. The van der Waals surface area contributed by atoms with Gasteiger partial charge in [-0.15, -0.1) is 0 Å². The predicted molar refractivity (Wildman–Crippen MR) is 139 cm³/mol. The molecule has 2 aromatic carbocycles. The van der Waals surface area contributed by atoms with Gasteiger partial charge < -0.3 is 18.8 Å². The maximum absolute atomic E-state index is 13.8. The highest BCUT2D eigenvalue weighted by Crippen LogP contribution is 2.39. The lowest BCUT2D eigenvalue weighted by molar-refractivity contribution is 0.0353. The Labute approximate surface area is 210 Å². The molecule has 2 aliphatic rings. The first kappa shape index (κ1) is 24.3. The van der Waals surface area contributed by atoms with Gasteiger partial charge in [-0.25, -0.2) is 0 Å². The van der Waals surface area contributed by atoms with E-state index in [-0.39, 0.29) is 17.1 Å². The van der Waals surface area contributed by atoms with Crippen LogP contribution in [0.15, 0.2) is 58.3 Å². The number of fused-ring (bicyclic) bond motifs is 2. The Bertz CT molecular complexity index is 1340. The number of benzene rings is 2. The van der Waals surface area contributed by atoms with Gasteiger partial charge in [-0.1, -0.05) is 24.8 Å². The van der Waals surface area contributed by atoms with Crippen molar-refractivity contribution in [1.29, 1.82) is 0 Å². The van der Waals surface area contributed by atoms with Crippen LogP contribution < -0.4 is 10.2 Å². The zero-order valence-corrected chi connectivity index (χ0v) is 20.9. The number of rotatable bonds is 8. The van der Waals surface area contributed by atoms with Gasteiger partial charge >= 0.3 is 0 Å². The Morgan fingerprint density at radius 3 is 2.50 bits per heavy atom. The summed E-state index contributed by atoms with van der Waals surface area (Å²) < 4.78 is 17.2. The van der Waals surface area contributed by atoms with Gasteiger partial charge in [0.15, 0.2) is 5.43 Å². The van der Waals surface area contributed by atoms with Crippen LogP contribution in [-0.2, 0) is 4.74 Å². The van der Waals surface area contributed by atoms with E-state index in [0.717, 1.165) is 56.0 Å². The van der Waals surface area contributed by atoms with Crippen LogP contribution in [-0.4, -0.2) is 61.7 Å². The van der Waals surface area contributed by atoms with E-state index in [9.17, 15) is 9.59 Å². The second-order valence-electron chi connectivity index (χ2n) is 9.48. The SMILES string of the molecule is C=CCOc1ccc(C2c3c(oc4cc(C)c(C)cc4c3=O)C(=O)N2CCCN2CCOCC2)cc1. The molecule has 1 fully saturated rings. The lowest BCUT2D eigenvalue weighted by Crippen LogP contribution is -2.38. The second-order valence-corrected chi connectivity index (χ2v) is 9.48.